The van der Waals surface area contributed by atoms with E-state index in [-0.39, 0.29) is 0 Å². The van der Waals surface area contributed by atoms with E-state index in [0.29, 0.717) is 4.58 Å². The molecule has 0 unspecified atom stereocenters. The van der Waals surface area contributed by atoms with Gasteiger partial charge in [0.2, 0.25) is 0 Å². The number of aryl methyl sites for hydroxylation is 1. The average molecular weight is 419 g/mol. The van der Waals surface area contributed by atoms with Gasteiger partial charge >= 0.3 is 0 Å². The van der Waals surface area contributed by atoms with Gasteiger partial charge in [0.1, 0.15) is 0 Å². The highest BCUT2D eigenvalue weighted by Crippen LogP contribution is 2.46. The van der Waals surface area contributed by atoms with E-state index >= 15 is 0 Å². The van der Waals surface area contributed by atoms with Crippen LogP contribution in [0.4, 0.5) is 0 Å². The Morgan fingerprint density at radius 3 is 1.82 bits per heavy atom. The molecule has 1 aliphatic carbocycles. The Balaban J connectivity index is 1.36. The molecule has 0 aromatic heterocycles. The van der Waals surface area contributed by atoms with Gasteiger partial charge in [-0.25, -0.2) is 0 Å². The van der Waals surface area contributed by atoms with Crippen LogP contribution in [0.3, 0.4) is 0 Å². The lowest BCUT2D eigenvalue weighted by Gasteiger charge is -2.29. The van der Waals surface area contributed by atoms with E-state index in [4.69, 9.17) is 0 Å². The number of benzene rings is 1. The number of hydrogen-bond donors (Lipinski definition) is 0. The second kappa shape index (κ2) is 12.6. The second-order valence-corrected chi connectivity index (χ2v) is 11.9. The molecular weight excluding hydrogens is 376 g/mol. The third-order valence-corrected chi connectivity index (χ3v) is 10.3. The summed E-state index contributed by atoms with van der Waals surface area (Å²) in [5, 5.41) is 0. The van der Waals surface area contributed by atoms with Crippen LogP contribution in [0.15, 0.2) is 24.3 Å². The van der Waals surface area contributed by atoms with Crippen LogP contribution in [0, 0.1) is 17.8 Å². The fourth-order valence-electron chi connectivity index (χ4n) is 4.91. The normalized spacial score (nSPS) is 28.4. The maximum Gasteiger partial charge on any atom is 0.0751 e. The van der Waals surface area contributed by atoms with Gasteiger partial charge in [0, 0.05) is 0 Å². The summed E-state index contributed by atoms with van der Waals surface area (Å²) in [7, 11) is 0. The van der Waals surface area contributed by atoms with Crippen LogP contribution in [0.1, 0.15) is 100 Å². The first-order valence-electron chi connectivity index (χ1n) is 12.1. The third kappa shape index (κ3) is 7.31. The first-order chi connectivity index (χ1) is 13.8. The Labute approximate surface area is 183 Å². The summed E-state index contributed by atoms with van der Waals surface area (Å²) in [4.78, 5) is 0. The molecule has 1 aliphatic heterocycles. The fourth-order valence-corrected chi connectivity index (χ4v) is 8.08. The summed E-state index contributed by atoms with van der Waals surface area (Å²) in [6.07, 6.45) is 17.2. The van der Waals surface area contributed by atoms with Crippen LogP contribution in [0.25, 0.3) is 0 Å². The van der Waals surface area contributed by atoms with Crippen molar-refractivity contribution >= 4 is 23.5 Å². The van der Waals surface area contributed by atoms with E-state index in [2.05, 4.69) is 61.6 Å². The minimum Gasteiger partial charge on any atom is -0.142 e. The summed E-state index contributed by atoms with van der Waals surface area (Å²) in [6.45, 7) is 4.64. The van der Waals surface area contributed by atoms with Crippen molar-refractivity contribution in [2.75, 3.05) is 11.5 Å². The zero-order valence-corrected chi connectivity index (χ0v) is 20.0. The summed E-state index contributed by atoms with van der Waals surface area (Å²) in [5.41, 5.74) is 3.10. The zero-order chi connectivity index (χ0) is 19.6. The standard InChI is InChI=1S/C26H42S2/c1-3-5-7-21-9-11-22(12-10-21)13-14-23-15-17-25(18-16-23)26-27-19-24(20-28-26)8-6-4-2/h15-18,21-22,24,26H,3-14,19-20H2,1-2H3. The molecule has 0 spiro atoms. The predicted octanol–water partition coefficient (Wildman–Crippen LogP) is 8.90. The van der Waals surface area contributed by atoms with Gasteiger partial charge in [-0.05, 0) is 59.6 Å². The van der Waals surface area contributed by atoms with Crippen molar-refractivity contribution in [2.24, 2.45) is 17.8 Å². The highest BCUT2D eigenvalue weighted by molar-refractivity contribution is 8.16. The molecule has 2 aliphatic rings. The predicted molar refractivity (Wildman–Crippen MR) is 130 cm³/mol. The molecule has 3 rings (SSSR count). The van der Waals surface area contributed by atoms with Gasteiger partial charge in [-0.2, -0.15) is 0 Å². The SMILES string of the molecule is CCCCC1CCC(CCc2ccc(C3SCC(CCCC)CS3)cc2)CC1. The first-order valence-corrected chi connectivity index (χ1v) is 14.2. The lowest BCUT2D eigenvalue weighted by Crippen LogP contribution is -2.15. The maximum absolute atomic E-state index is 2.42. The van der Waals surface area contributed by atoms with Crippen LogP contribution in [0.2, 0.25) is 0 Å². The zero-order valence-electron chi connectivity index (χ0n) is 18.3. The van der Waals surface area contributed by atoms with Crippen molar-refractivity contribution in [1.29, 1.82) is 0 Å². The molecule has 0 N–H and O–H groups in total. The summed E-state index contributed by atoms with van der Waals surface area (Å²) < 4.78 is 0.672. The number of hydrogen-bond acceptors (Lipinski definition) is 2. The van der Waals surface area contributed by atoms with Crippen molar-refractivity contribution in [3.05, 3.63) is 35.4 Å². The van der Waals surface area contributed by atoms with Crippen molar-refractivity contribution in [2.45, 2.75) is 95.5 Å². The molecule has 0 nitrogen and oxygen atoms in total. The van der Waals surface area contributed by atoms with Gasteiger partial charge in [-0.1, -0.05) is 95.9 Å². The second-order valence-electron chi connectivity index (χ2n) is 9.32. The van der Waals surface area contributed by atoms with E-state index in [9.17, 15) is 0 Å². The third-order valence-electron chi connectivity index (χ3n) is 6.96. The Hall–Kier alpha value is -0.0800. The molecule has 0 amide bonds. The highest BCUT2D eigenvalue weighted by atomic mass is 32.2. The topological polar surface area (TPSA) is 0 Å². The molecule has 2 fully saturated rings. The Morgan fingerprint density at radius 2 is 1.25 bits per heavy atom. The van der Waals surface area contributed by atoms with Crippen LogP contribution in [0.5, 0.6) is 0 Å². The molecular formula is C26H42S2. The van der Waals surface area contributed by atoms with Crippen LogP contribution in [-0.4, -0.2) is 11.5 Å². The van der Waals surface area contributed by atoms with Gasteiger partial charge < -0.3 is 0 Å². The van der Waals surface area contributed by atoms with Gasteiger partial charge in [-0.15, -0.1) is 23.5 Å². The summed E-state index contributed by atoms with van der Waals surface area (Å²) in [6, 6.07) is 9.70. The molecule has 158 valence electrons. The Kier molecular flexibility index (Phi) is 10.2. The highest BCUT2D eigenvalue weighted by Gasteiger charge is 2.23. The molecule has 1 aromatic rings. The van der Waals surface area contributed by atoms with E-state index in [1.54, 1.807) is 11.1 Å². The van der Waals surface area contributed by atoms with Crippen molar-refractivity contribution in [3.63, 3.8) is 0 Å². The monoisotopic (exact) mass is 418 g/mol. The van der Waals surface area contributed by atoms with Gasteiger partial charge in [0.05, 0.1) is 4.58 Å². The molecule has 1 saturated carbocycles. The van der Waals surface area contributed by atoms with Gasteiger partial charge in [-0.3, -0.25) is 0 Å². The molecule has 0 radical (unpaired) electrons. The van der Waals surface area contributed by atoms with Crippen LogP contribution >= 0.6 is 23.5 Å². The van der Waals surface area contributed by atoms with Crippen LogP contribution in [-0.2, 0) is 6.42 Å². The Morgan fingerprint density at radius 1 is 0.714 bits per heavy atom. The fraction of sp³-hybridized carbons (Fsp3) is 0.769. The van der Waals surface area contributed by atoms with Crippen LogP contribution < -0.4 is 0 Å². The molecule has 1 saturated heterocycles. The molecule has 1 aromatic carbocycles. The molecule has 28 heavy (non-hydrogen) atoms. The number of unbranched alkanes of at least 4 members (excludes halogenated alkanes) is 2. The Bertz CT molecular complexity index is 522. The molecule has 1 heterocycles. The minimum atomic E-state index is 0.672. The van der Waals surface area contributed by atoms with E-state index < -0.39 is 0 Å². The number of thioether (sulfide) groups is 2. The first kappa shape index (κ1) is 22.6. The molecule has 2 heteroatoms. The minimum absolute atomic E-state index is 0.672. The van der Waals surface area contributed by atoms with Gasteiger partial charge in [0.25, 0.3) is 0 Å². The largest absolute Gasteiger partial charge is 0.142 e. The number of rotatable bonds is 10. The van der Waals surface area contributed by atoms with Crippen molar-refractivity contribution in [1.82, 2.24) is 0 Å². The van der Waals surface area contributed by atoms with E-state index in [0.717, 1.165) is 17.8 Å². The molecule has 0 atom stereocenters. The maximum atomic E-state index is 2.42. The lowest BCUT2D eigenvalue weighted by atomic mass is 9.78. The summed E-state index contributed by atoms with van der Waals surface area (Å²) >= 11 is 4.37. The van der Waals surface area contributed by atoms with Crippen molar-refractivity contribution < 1.29 is 0 Å². The average Bonchev–Trinajstić information content (AvgIpc) is 2.76. The van der Waals surface area contributed by atoms with Crippen molar-refractivity contribution in [3.8, 4) is 0 Å². The smallest absolute Gasteiger partial charge is 0.0751 e. The molecule has 0 bridgehead atoms. The quantitative estimate of drug-likeness (QED) is 0.372. The summed E-state index contributed by atoms with van der Waals surface area (Å²) in [5.74, 6) is 5.70. The lowest BCUT2D eigenvalue weighted by molar-refractivity contribution is 0.250. The van der Waals surface area contributed by atoms with Gasteiger partial charge in [0.15, 0.2) is 0 Å². The van der Waals surface area contributed by atoms with E-state index in [1.807, 2.05) is 0 Å². The van der Waals surface area contributed by atoms with E-state index in [1.165, 1.54) is 88.6 Å².